The summed E-state index contributed by atoms with van der Waals surface area (Å²) < 4.78 is 59.3. The lowest BCUT2D eigenvalue weighted by molar-refractivity contribution is 0.207. The van der Waals surface area contributed by atoms with E-state index in [4.69, 9.17) is 4.74 Å². The van der Waals surface area contributed by atoms with Crippen LogP contribution >= 0.6 is 0 Å². The number of piperidine rings is 1. The van der Waals surface area contributed by atoms with Crippen LogP contribution in [0.25, 0.3) is 5.57 Å². The zero-order chi connectivity index (χ0) is 25.9. The van der Waals surface area contributed by atoms with Crippen molar-refractivity contribution in [3.8, 4) is 5.75 Å². The van der Waals surface area contributed by atoms with Crippen LogP contribution in [-0.4, -0.2) is 44.3 Å². The van der Waals surface area contributed by atoms with Gasteiger partial charge in [-0.2, -0.15) is 0 Å². The molecular weight excluding hydrogens is 484 g/mol. The fourth-order valence-electron chi connectivity index (χ4n) is 4.77. The largest absolute Gasteiger partial charge is 0.487 e. The lowest BCUT2D eigenvalue weighted by atomic mass is 9.84. The minimum Gasteiger partial charge on any atom is -0.487 e. The molecule has 1 fully saturated rings. The Balaban J connectivity index is 1.39. The van der Waals surface area contributed by atoms with E-state index in [1.807, 2.05) is 19.3 Å². The van der Waals surface area contributed by atoms with E-state index in [-0.39, 0.29) is 24.2 Å². The standard InChI is InChI=1S/C27H33F2N3O3S/c1-4-18-15-30-27(31-16-18)32-10-8-19(9-11-32)17-35-26-24(28)13-21(14-25(26)29)23-7-6-22(36(3,33)34)12-20(23)5-2/h6-7,13-16,19-20H,4-5,8-12,17H2,1-3H3. The van der Waals surface area contributed by atoms with Crippen molar-refractivity contribution in [2.75, 3.05) is 30.9 Å². The molecule has 0 radical (unpaired) electrons. The molecule has 194 valence electrons. The second-order valence-corrected chi connectivity index (χ2v) is 11.7. The molecule has 0 saturated carbocycles. The van der Waals surface area contributed by atoms with Crippen LogP contribution < -0.4 is 9.64 Å². The molecule has 0 spiro atoms. The van der Waals surface area contributed by atoms with Crippen LogP contribution in [0.2, 0.25) is 0 Å². The summed E-state index contributed by atoms with van der Waals surface area (Å²) in [5.41, 5.74) is 2.24. The van der Waals surface area contributed by atoms with Crippen molar-refractivity contribution in [1.29, 1.82) is 0 Å². The van der Waals surface area contributed by atoms with E-state index in [1.165, 1.54) is 24.5 Å². The van der Waals surface area contributed by atoms with Gasteiger partial charge in [-0.15, -0.1) is 0 Å². The molecule has 0 amide bonds. The molecular formula is C27H33F2N3O3S. The molecule has 1 aromatic heterocycles. The Bertz CT molecular complexity index is 1230. The maximum absolute atomic E-state index is 14.9. The summed E-state index contributed by atoms with van der Waals surface area (Å²) in [6.45, 7) is 5.76. The Labute approximate surface area is 212 Å². The third kappa shape index (κ3) is 5.94. The van der Waals surface area contributed by atoms with E-state index in [2.05, 4.69) is 21.8 Å². The molecule has 36 heavy (non-hydrogen) atoms. The lowest BCUT2D eigenvalue weighted by Gasteiger charge is -2.32. The number of rotatable bonds is 8. The molecule has 1 aromatic carbocycles. The first-order valence-corrected chi connectivity index (χ1v) is 14.4. The Hall–Kier alpha value is -2.81. The van der Waals surface area contributed by atoms with Crippen molar-refractivity contribution in [3.05, 3.63) is 64.3 Å². The van der Waals surface area contributed by atoms with Gasteiger partial charge in [-0.1, -0.05) is 19.9 Å². The Kier molecular flexibility index (Phi) is 8.07. The van der Waals surface area contributed by atoms with Crippen molar-refractivity contribution in [3.63, 3.8) is 0 Å². The van der Waals surface area contributed by atoms with Gasteiger partial charge in [0.15, 0.2) is 27.2 Å². The van der Waals surface area contributed by atoms with Gasteiger partial charge < -0.3 is 9.64 Å². The van der Waals surface area contributed by atoms with E-state index < -0.39 is 21.5 Å². The number of hydrogen-bond donors (Lipinski definition) is 0. The van der Waals surface area contributed by atoms with Crippen LogP contribution in [0.1, 0.15) is 50.7 Å². The van der Waals surface area contributed by atoms with E-state index in [1.54, 1.807) is 6.08 Å². The fourth-order valence-corrected chi connectivity index (χ4v) is 5.59. The van der Waals surface area contributed by atoms with Crippen LogP contribution in [0.5, 0.6) is 5.75 Å². The normalized spacial score (nSPS) is 19.1. The first kappa shape index (κ1) is 26.3. The van der Waals surface area contributed by atoms with Crippen LogP contribution in [0.3, 0.4) is 0 Å². The van der Waals surface area contributed by atoms with E-state index >= 15 is 0 Å². The van der Waals surface area contributed by atoms with Crippen molar-refractivity contribution in [1.82, 2.24) is 9.97 Å². The molecule has 1 unspecified atom stereocenters. The number of halogens is 2. The molecule has 4 rings (SSSR count). The molecule has 2 aromatic rings. The third-order valence-corrected chi connectivity index (χ3v) is 8.35. The summed E-state index contributed by atoms with van der Waals surface area (Å²) in [6, 6.07) is 2.57. The third-order valence-electron chi connectivity index (χ3n) is 7.10. The zero-order valence-electron chi connectivity index (χ0n) is 21.0. The van der Waals surface area contributed by atoms with Gasteiger partial charge in [-0.25, -0.2) is 27.2 Å². The van der Waals surface area contributed by atoms with Gasteiger partial charge in [-0.3, -0.25) is 0 Å². The van der Waals surface area contributed by atoms with Gasteiger partial charge in [0.2, 0.25) is 5.95 Å². The highest BCUT2D eigenvalue weighted by atomic mass is 32.2. The van der Waals surface area contributed by atoms with Crippen molar-refractivity contribution in [2.45, 2.75) is 46.0 Å². The summed E-state index contributed by atoms with van der Waals surface area (Å²) >= 11 is 0. The molecule has 2 heterocycles. The average molecular weight is 518 g/mol. The highest BCUT2D eigenvalue weighted by molar-refractivity contribution is 7.94. The van der Waals surface area contributed by atoms with Gasteiger partial charge in [0.05, 0.1) is 6.61 Å². The quantitative estimate of drug-likeness (QED) is 0.470. The average Bonchev–Trinajstić information content (AvgIpc) is 2.87. The van der Waals surface area contributed by atoms with Crippen LogP contribution in [-0.2, 0) is 16.3 Å². The molecule has 1 saturated heterocycles. The predicted octanol–water partition coefficient (Wildman–Crippen LogP) is 5.35. The summed E-state index contributed by atoms with van der Waals surface area (Å²) in [5.74, 6) is -1.10. The van der Waals surface area contributed by atoms with Crippen LogP contribution in [0.15, 0.2) is 41.6 Å². The molecule has 0 N–H and O–H groups in total. The number of anilines is 1. The maximum atomic E-state index is 14.9. The number of aryl methyl sites for hydroxylation is 1. The molecule has 2 aliphatic rings. The van der Waals surface area contributed by atoms with E-state index in [9.17, 15) is 17.2 Å². The van der Waals surface area contributed by atoms with Gasteiger partial charge in [0.25, 0.3) is 0 Å². The number of ether oxygens (including phenoxy) is 1. The van der Waals surface area contributed by atoms with Crippen molar-refractivity contribution >= 4 is 21.4 Å². The number of benzene rings is 1. The Morgan fingerprint density at radius 2 is 1.69 bits per heavy atom. The molecule has 1 aliphatic carbocycles. The smallest absolute Gasteiger partial charge is 0.225 e. The molecule has 1 atom stereocenters. The van der Waals surface area contributed by atoms with E-state index in [0.717, 1.165) is 43.5 Å². The van der Waals surface area contributed by atoms with Gasteiger partial charge in [-0.05, 0) is 78.8 Å². The second kappa shape index (κ2) is 11.1. The topological polar surface area (TPSA) is 72.4 Å². The number of hydrogen-bond acceptors (Lipinski definition) is 6. The Morgan fingerprint density at radius 3 is 2.25 bits per heavy atom. The van der Waals surface area contributed by atoms with Crippen LogP contribution in [0.4, 0.5) is 14.7 Å². The molecule has 0 bridgehead atoms. The summed E-state index contributed by atoms with van der Waals surface area (Å²) in [5, 5.41) is 0. The summed E-state index contributed by atoms with van der Waals surface area (Å²) in [6.07, 6.45) is 11.6. The Morgan fingerprint density at radius 1 is 1.06 bits per heavy atom. The zero-order valence-corrected chi connectivity index (χ0v) is 21.8. The minimum absolute atomic E-state index is 0.127. The van der Waals surface area contributed by atoms with Gasteiger partial charge in [0, 0.05) is 36.6 Å². The van der Waals surface area contributed by atoms with Gasteiger partial charge >= 0.3 is 0 Å². The van der Waals surface area contributed by atoms with Gasteiger partial charge in [0.1, 0.15) is 0 Å². The van der Waals surface area contributed by atoms with Crippen molar-refractivity contribution in [2.24, 2.45) is 11.8 Å². The first-order valence-electron chi connectivity index (χ1n) is 12.5. The number of nitrogens with zero attached hydrogens (tertiary/aromatic N) is 3. The monoisotopic (exact) mass is 517 g/mol. The SMILES string of the molecule is CCc1cnc(N2CCC(COc3c(F)cc(C4=CC=C(S(C)(=O)=O)CC4CC)cc3F)CC2)nc1. The summed E-state index contributed by atoms with van der Waals surface area (Å²) in [7, 11) is -3.30. The molecule has 6 nitrogen and oxygen atoms in total. The first-order chi connectivity index (χ1) is 17.2. The van der Waals surface area contributed by atoms with Crippen LogP contribution in [0, 0.1) is 23.5 Å². The second-order valence-electron chi connectivity index (χ2n) is 9.59. The summed E-state index contributed by atoms with van der Waals surface area (Å²) in [4.78, 5) is 11.3. The number of aromatic nitrogens is 2. The predicted molar refractivity (Wildman–Crippen MR) is 138 cm³/mol. The number of sulfone groups is 1. The molecule has 1 aliphatic heterocycles. The molecule has 9 heteroatoms. The minimum atomic E-state index is -3.30. The lowest BCUT2D eigenvalue weighted by Crippen LogP contribution is -2.36. The van der Waals surface area contributed by atoms with Crippen molar-refractivity contribution < 1.29 is 21.9 Å². The number of allylic oxidation sites excluding steroid dienone is 4. The maximum Gasteiger partial charge on any atom is 0.225 e. The highest BCUT2D eigenvalue weighted by Gasteiger charge is 2.26. The highest BCUT2D eigenvalue weighted by Crippen LogP contribution is 2.38. The fraction of sp³-hybridized carbons (Fsp3) is 0.481. The van der Waals surface area contributed by atoms with E-state index in [0.29, 0.717) is 29.3 Å².